The first kappa shape index (κ1) is 21.2. The highest BCUT2D eigenvalue weighted by Crippen LogP contribution is 2.21. The zero-order valence-electron chi connectivity index (χ0n) is 14.4. The highest BCUT2D eigenvalue weighted by atomic mass is 127. The van der Waals surface area contributed by atoms with Crippen LogP contribution in [0.1, 0.15) is 44.6 Å². The number of benzene rings is 1. The number of hydrogen-bond acceptors (Lipinski definition) is 3. The van der Waals surface area contributed by atoms with Crippen LogP contribution in [0.2, 0.25) is 0 Å². The molecule has 24 heavy (non-hydrogen) atoms. The van der Waals surface area contributed by atoms with E-state index in [-0.39, 0.29) is 35.6 Å². The van der Waals surface area contributed by atoms with Gasteiger partial charge in [-0.3, -0.25) is 4.99 Å². The summed E-state index contributed by atoms with van der Waals surface area (Å²) in [4.78, 5) is 4.30. The fourth-order valence-corrected chi connectivity index (χ4v) is 4.57. The van der Waals surface area contributed by atoms with Crippen LogP contribution in [0, 0.1) is 5.92 Å². The maximum atomic E-state index is 11.6. The highest BCUT2D eigenvalue weighted by Gasteiger charge is 2.24. The molecule has 2 atom stereocenters. The number of nitrogens with one attached hydrogen (secondary N) is 1. The lowest BCUT2D eigenvalue weighted by Crippen LogP contribution is -2.29. The first-order chi connectivity index (χ1) is 10.9. The van der Waals surface area contributed by atoms with E-state index in [1.165, 1.54) is 5.56 Å². The largest absolute Gasteiger partial charge is 0.370 e. The van der Waals surface area contributed by atoms with Gasteiger partial charge in [0.25, 0.3) is 0 Å². The molecule has 3 N–H and O–H groups in total. The van der Waals surface area contributed by atoms with Gasteiger partial charge >= 0.3 is 0 Å². The van der Waals surface area contributed by atoms with E-state index in [0.717, 1.165) is 24.9 Å². The molecule has 0 aromatic heterocycles. The van der Waals surface area contributed by atoms with Crippen molar-refractivity contribution in [2.24, 2.45) is 16.6 Å². The van der Waals surface area contributed by atoms with Crippen molar-refractivity contribution < 1.29 is 8.42 Å². The number of rotatable bonds is 5. The van der Waals surface area contributed by atoms with Gasteiger partial charge in [-0.25, -0.2) is 8.42 Å². The Labute approximate surface area is 162 Å². The fourth-order valence-electron chi connectivity index (χ4n) is 2.81. The monoisotopic (exact) mass is 465 g/mol. The van der Waals surface area contributed by atoms with Crippen molar-refractivity contribution in [3.63, 3.8) is 0 Å². The molecule has 1 saturated heterocycles. The molecule has 7 heteroatoms. The number of sulfone groups is 1. The summed E-state index contributed by atoms with van der Waals surface area (Å²) in [6.45, 7) is 4.84. The Morgan fingerprint density at radius 3 is 2.62 bits per heavy atom. The number of nitrogens with two attached hydrogens (primary N) is 1. The highest BCUT2D eigenvalue weighted by molar-refractivity contribution is 14.0. The summed E-state index contributed by atoms with van der Waals surface area (Å²) < 4.78 is 23.2. The minimum atomic E-state index is -2.88. The predicted molar refractivity (Wildman–Crippen MR) is 112 cm³/mol. The lowest BCUT2D eigenvalue weighted by atomic mass is 9.99. The summed E-state index contributed by atoms with van der Waals surface area (Å²) in [6, 6.07) is 8.18. The van der Waals surface area contributed by atoms with Gasteiger partial charge in [-0.05, 0) is 48.8 Å². The van der Waals surface area contributed by atoms with Crippen LogP contribution >= 0.6 is 24.0 Å². The van der Waals surface area contributed by atoms with Crippen LogP contribution in [0.4, 0.5) is 5.69 Å². The molecule has 0 aliphatic carbocycles. The van der Waals surface area contributed by atoms with Crippen molar-refractivity contribution in [1.29, 1.82) is 0 Å². The Hall–Kier alpha value is -0.830. The molecule has 1 aromatic rings. The van der Waals surface area contributed by atoms with Crippen LogP contribution in [-0.4, -0.2) is 32.4 Å². The first-order valence-electron chi connectivity index (χ1n) is 8.27. The molecule has 0 radical (unpaired) electrons. The van der Waals surface area contributed by atoms with Crippen LogP contribution < -0.4 is 11.1 Å². The Kier molecular flexibility index (Phi) is 8.49. The summed E-state index contributed by atoms with van der Waals surface area (Å²) >= 11 is 0. The second-order valence-electron chi connectivity index (χ2n) is 6.40. The number of nitrogens with zero attached hydrogens (tertiary/aromatic N) is 1. The second kappa shape index (κ2) is 9.60. The molecule has 1 heterocycles. The molecule has 0 spiro atoms. The van der Waals surface area contributed by atoms with Crippen LogP contribution in [0.25, 0.3) is 0 Å². The van der Waals surface area contributed by atoms with Gasteiger partial charge < -0.3 is 11.1 Å². The van der Waals surface area contributed by atoms with Crippen molar-refractivity contribution in [3.8, 4) is 0 Å². The molecule has 2 unspecified atom stereocenters. The topological polar surface area (TPSA) is 84.5 Å². The molecule has 136 valence electrons. The molecule has 5 nitrogen and oxygen atoms in total. The molecule has 1 fully saturated rings. The minimum absolute atomic E-state index is 0. The van der Waals surface area contributed by atoms with E-state index in [0.29, 0.717) is 24.2 Å². The SMILES string of the molecule is CCC(C)c1ccc(NC(N)=NCC2CCCS(=O)(=O)C2)cc1.I. The van der Waals surface area contributed by atoms with Gasteiger partial charge in [0, 0.05) is 12.2 Å². The zero-order valence-corrected chi connectivity index (χ0v) is 17.5. The Bertz CT molecular complexity index is 644. The zero-order chi connectivity index (χ0) is 16.9. The van der Waals surface area contributed by atoms with Crippen LogP contribution in [0.5, 0.6) is 0 Å². The summed E-state index contributed by atoms with van der Waals surface area (Å²) in [5.74, 6) is 1.51. The average Bonchev–Trinajstić information content (AvgIpc) is 2.52. The maximum absolute atomic E-state index is 11.6. The van der Waals surface area contributed by atoms with Gasteiger partial charge in [-0.1, -0.05) is 26.0 Å². The number of aliphatic imine (C=N–C) groups is 1. The Balaban J connectivity index is 0.00000288. The maximum Gasteiger partial charge on any atom is 0.193 e. The van der Waals surface area contributed by atoms with Gasteiger partial charge in [0.1, 0.15) is 0 Å². The first-order valence-corrected chi connectivity index (χ1v) is 10.1. The predicted octanol–water partition coefficient (Wildman–Crippen LogP) is 3.37. The summed E-state index contributed by atoms with van der Waals surface area (Å²) in [5.41, 5.74) is 8.11. The van der Waals surface area contributed by atoms with Crippen molar-refractivity contribution >= 4 is 45.5 Å². The van der Waals surface area contributed by atoms with Gasteiger partial charge in [0.2, 0.25) is 0 Å². The van der Waals surface area contributed by atoms with Crippen LogP contribution in [-0.2, 0) is 9.84 Å². The average molecular weight is 465 g/mol. The third-order valence-corrected chi connectivity index (χ3v) is 6.33. The number of anilines is 1. The van der Waals surface area contributed by atoms with Crippen molar-refractivity contribution in [1.82, 2.24) is 0 Å². The minimum Gasteiger partial charge on any atom is -0.370 e. The van der Waals surface area contributed by atoms with E-state index in [2.05, 4.69) is 36.3 Å². The third kappa shape index (κ3) is 6.58. The molecule has 1 aliphatic heterocycles. The van der Waals surface area contributed by atoms with E-state index in [1.54, 1.807) is 0 Å². The standard InChI is InChI=1S/C17H27N3O2S.HI/c1-3-13(2)15-6-8-16(9-7-15)20-17(18)19-11-14-5-4-10-23(21,22)12-14;/h6-9,13-14H,3-5,10-12H2,1-2H3,(H3,18,19,20);1H. The number of halogens is 1. The van der Waals surface area contributed by atoms with E-state index >= 15 is 0 Å². The molecular weight excluding hydrogens is 437 g/mol. The fraction of sp³-hybridized carbons (Fsp3) is 0.588. The number of guanidine groups is 1. The van der Waals surface area contributed by atoms with Crippen molar-refractivity contribution in [2.45, 2.75) is 39.0 Å². The molecule has 1 aromatic carbocycles. The third-order valence-electron chi connectivity index (χ3n) is 4.44. The molecule has 0 saturated carbocycles. The molecule has 0 bridgehead atoms. The Morgan fingerprint density at radius 1 is 1.38 bits per heavy atom. The molecule has 2 rings (SSSR count). The normalized spacial score (nSPS) is 21.6. The van der Waals surface area contributed by atoms with Crippen LogP contribution in [0.3, 0.4) is 0 Å². The van der Waals surface area contributed by atoms with Gasteiger partial charge in [-0.2, -0.15) is 0 Å². The molecule has 0 amide bonds. The summed E-state index contributed by atoms with van der Waals surface area (Å²) in [7, 11) is -2.88. The van der Waals surface area contributed by atoms with E-state index in [4.69, 9.17) is 5.73 Å². The summed E-state index contributed by atoms with van der Waals surface area (Å²) in [5, 5.41) is 3.06. The smallest absolute Gasteiger partial charge is 0.193 e. The van der Waals surface area contributed by atoms with Gasteiger partial charge in [0.15, 0.2) is 15.8 Å². The van der Waals surface area contributed by atoms with Crippen molar-refractivity contribution in [2.75, 3.05) is 23.4 Å². The van der Waals surface area contributed by atoms with E-state index in [1.807, 2.05) is 12.1 Å². The van der Waals surface area contributed by atoms with Crippen LogP contribution in [0.15, 0.2) is 29.3 Å². The molecular formula is C17H28IN3O2S. The lowest BCUT2D eigenvalue weighted by molar-refractivity contribution is 0.494. The Morgan fingerprint density at radius 2 is 2.04 bits per heavy atom. The van der Waals surface area contributed by atoms with Gasteiger partial charge in [0.05, 0.1) is 11.5 Å². The summed E-state index contributed by atoms with van der Waals surface area (Å²) in [6.07, 6.45) is 2.74. The van der Waals surface area contributed by atoms with Gasteiger partial charge in [-0.15, -0.1) is 24.0 Å². The quantitative estimate of drug-likeness (QED) is 0.397. The lowest BCUT2D eigenvalue weighted by Gasteiger charge is -2.20. The number of hydrogen-bond donors (Lipinski definition) is 2. The van der Waals surface area contributed by atoms with Crippen molar-refractivity contribution in [3.05, 3.63) is 29.8 Å². The van der Waals surface area contributed by atoms with E-state index in [9.17, 15) is 8.42 Å². The second-order valence-corrected chi connectivity index (χ2v) is 8.63. The molecule has 1 aliphatic rings. The van der Waals surface area contributed by atoms with E-state index < -0.39 is 9.84 Å².